The molecule has 0 radical (unpaired) electrons. The Morgan fingerprint density at radius 2 is 2.32 bits per heavy atom. The van der Waals surface area contributed by atoms with Gasteiger partial charge in [0, 0.05) is 6.54 Å². The molecule has 2 fully saturated rings. The molecule has 2 unspecified atom stereocenters. The number of ether oxygens (including phenoxy) is 1. The maximum absolute atomic E-state index is 6.07. The van der Waals surface area contributed by atoms with E-state index in [-0.39, 0.29) is 0 Å². The summed E-state index contributed by atoms with van der Waals surface area (Å²) in [7, 11) is 0. The highest BCUT2D eigenvalue weighted by Crippen LogP contribution is 2.37. The summed E-state index contributed by atoms with van der Waals surface area (Å²) < 4.78 is 7.00. The van der Waals surface area contributed by atoms with Crippen LogP contribution in [0.4, 0.5) is 5.82 Å². The van der Waals surface area contributed by atoms with Gasteiger partial charge in [-0.15, -0.1) is 11.3 Å². The molecule has 1 saturated carbocycles. The number of anilines is 1. The van der Waals surface area contributed by atoms with Crippen molar-refractivity contribution in [2.75, 3.05) is 18.1 Å². The maximum atomic E-state index is 6.07. The Labute approximate surface area is 120 Å². The standard InChI is InChI=1S/C13H14ClN3OS/c14-13-15-8-4-7-19-11(8)12(16-13)17-5-6-18-10-3-1-2-9(10)17/h4,7,9-10H,1-3,5-6H2. The van der Waals surface area contributed by atoms with Crippen molar-refractivity contribution in [1.29, 1.82) is 0 Å². The van der Waals surface area contributed by atoms with Crippen LogP contribution in [0.1, 0.15) is 19.3 Å². The normalized spacial score (nSPS) is 26.9. The summed E-state index contributed by atoms with van der Waals surface area (Å²) in [5.74, 6) is 0.991. The highest BCUT2D eigenvalue weighted by Gasteiger charge is 2.37. The van der Waals surface area contributed by atoms with Crippen LogP contribution >= 0.6 is 22.9 Å². The smallest absolute Gasteiger partial charge is 0.224 e. The lowest BCUT2D eigenvalue weighted by atomic mass is 10.1. The number of hydrogen-bond donors (Lipinski definition) is 0. The molecular formula is C13H14ClN3OS. The molecule has 1 aliphatic carbocycles. The zero-order chi connectivity index (χ0) is 12.8. The van der Waals surface area contributed by atoms with E-state index >= 15 is 0 Å². The van der Waals surface area contributed by atoms with E-state index in [2.05, 4.69) is 14.9 Å². The van der Waals surface area contributed by atoms with Crippen LogP contribution in [0, 0.1) is 0 Å². The highest BCUT2D eigenvalue weighted by molar-refractivity contribution is 7.17. The van der Waals surface area contributed by atoms with Gasteiger partial charge >= 0.3 is 0 Å². The van der Waals surface area contributed by atoms with E-state index in [0.29, 0.717) is 17.4 Å². The Kier molecular flexibility index (Phi) is 2.86. The van der Waals surface area contributed by atoms with Gasteiger partial charge in [-0.2, -0.15) is 4.98 Å². The van der Waals surface area contributed by atoms with Gasteiger partial charge in [0.05, 0.1) is 29.0 Å². The third kappa shape index (κ3) is 1.91. The molecule has 0 aromatic carbocycles. The Hall–Kier alpha value is -0.910. The van der Waals surface area contributed by atoms with Crippen molar-refractivity contribution in [3.05, 3.63) is 16.7 Å². The molecule has 1 aliphatic heterocycles. The molecule has 3 heterocycles. The zero-order valence-electron chi connectivity index (χ0n) is 10.4. The molecule has 2 aliphatic rings. The average Bonchev–Trinajstić information content (AvgIpc) is 3.04. The summed E-state index contributed by atoms with van der Waals surface area (Å²) in [4.78, 5) is 11.2. The van der Waals surface area contributed by atoms with Crippen LogP contribution in [0.15, 0.2) is 11.4 Å². The van der Waals surface area contributed by atoms with Crippen molar-refractivity contribution in [3.63, 3.8) is 0 Å². The van der Waals surface area contributed by atoms with Gasteiger partial charge in [-0.3, -0.25) is 0 Å². The second kappa shape index (κ2) is 4.58. The molecular weight excluding hydrogens is 282 g/mol. The summed E-state index contributed by atoms with van der Waals surface area (Å²) in [6, 6.07) is 2.45. The van der Waals surface area contributed by atoms with Gasteiger partial charge < -0.3 is 9.64 Å². The maximum Gasteiger partial charge on any atom is 0.224 e. The topological polar surface area (TPSA) is 38.2 Å². The van der Waals surface area contributed by atoms with E-state index in [1.54, 1.807) is 11.3 Å². The van der Waals surface area contributed by atoms with Crippen LogP contribution < -0.4 is 4.90 Å². The fraction of sp³-hybridized carbons (Fsp3) is 0.538. The Balaban J connectivity index is 1.82. The molecule has 2 atom stereocenters. The van der Waals surface area contributed by atoms with Crippen LogP contribution in [0.25, 0.3) is 10.2 Å². The van der Waals surface area contributed by atoms with Crippen molar-refractivity contribution in [1.82, 2.24) is 9.97 Å². The lowest BCUT2D eigenvalue weighted by Gasteiger charge is -2.38. The summed E-state index contributed by atoms with van der Waals surface area (Å²) in [6.45, 7) is 1.66. The van der Waals surface area contributed by atoms with E-state index in [4.69, 9.17) is 16.3 Å². The van der Waals surface area contributed by atoms with Crippen LogP contribution in [0.5, 0.6) is 0 Å². The van der Waals surface area contributed by atoms with Gasteiger partial charge in [0.1, 0.15) is 0 Å². The fourth-order valence-electron chi connectivity index (χ4n) is 3.20. The molecule has 0 amide bonds. The average molecular weight is 296 g/mol. The Bertz CT molecular complexity index is 617. The number of morpholine rings is 1. The SMILES string of the molecule is Clc1nc(N2CCOC3CCCC32)c2sccc2n1. The first-order chi connectivity index (χ1) is 9.33. The van der Waals surface area contributed by atoms with E-state index in [1.807, 2.05) is 11.4 Å². The summed E-state index contributed by atoms with van der Waals surface area (Å²) >= 11 is 7.75. The predicted octanol–water partition coefficient (Wildman–Crippen LogP) is 3.10. The monoisotopic (exact) mass is 295 g/mol. The van der Waals surface area contributed by atoms with Crippen LogP contribution in [0.3, 0.4) is 0 Å². The highest BCUT2D eigenvalue weighted by atomic mass is 35.5. The van der Waals surface area contributed by atoms with Crippen molar-refractivity contribution < 1.29 is 4.74 Å². The lowest BCUT2D eigenvalue weighted by molar-refractivity contribution is 0.0254. The summed E-state index contributed by atoms with van der Waals surface area (Å²) in [5.41, 5.74) is 0.945. The van der Waals surface area contributed by atoms with Crippen molar-refractivity contribution >= 4 is 39.0 Å². The van der Waals surface area contributed by atoms with Crippen LogP contribution in [-0.4, -0.2) is 35.3 Å². The first-order valence-electron chi connectivity index (χ1n) is 6.62. The predicted molar refractivity (Wildman–Crippen MR) is 77.2 cm³/mol. The molecule has 0 N–H and O–H groups in total. The third-order valence-electron chi connectivity index (χ3n) is 4.01. The van der Waals surface area contributed by atoms with Crippen LogP contribution in [-0.2, 0) is 4.74 Å². The number of nitrogens with zero attached hydrogens (tertiary/aromatic N) is 3. The molecule has 4 nitrogen and oxygen atoms in total. The van der Waals surface area contributed by atoms with Gasteiger partial charge in [0.25, 0.3) is 0 Å². The van der Waals surface area contributed by atoms with E-state index in [1.165, 1.54) is 12.8 Å². The number of rotatable bonds is 1. The molecule has 100 valence electrons. The summed E-state index contributed by atoms with van der Waals surface area (Å²) in [5, 5.41) is 2.38. The minimum Gasteiger partial charge on any atom is -0.374 e. The second-order valence-electron chi connectivity index (χ2n) is 5.05. The second-order valence-corrected chi connectivity index (χ2v) is 6.31. The largest absolute Gasteiger partial charge is 0.374 e. The van der Waals surface area contributed by atoms with Gasteiger partial charge in [-0.05, 0) is 42.3 Å². The number of thiophene rings is 1. The molecule has 0 bridgehead atoms. The minimum atomic E-state index is 0.335. The van der Waals surface area contributed by atoms with Gasteiger partial charge in [-0.1, -0.05) is 0 Å². The first kappa shape index (κ1) is 11.9. The van der Waals surface area contributed by atoms with Crippen LogP contribution in [0.2, 0.25) is 5.28 Å². The quantitative estimate of drug-likeness (QED) is 0.758. The van der Waals surface area contributed by atoms with E-state index in [9.17, 15) is 0 Å². The number of aromatic nitrogens is 2. The lowest BCUT2D eigenvalue weighted by Crippen LogP contribution is -2.49. The van der Waals surface area contributed by atoms with Crippen molar-refractivity contribution in [3.8, 4) is 0 Å². The molecule has 4 rings (SSSR count). The minimum absolute atomic E-state index is 0.335. The molecule has 0 spiro atoms. The van der Waals surface area contributed by atoms with Crippen molar-refractivity contribution in [2.24, 2.45) is 0 Å². The molecule has 2 aromatic heterocycles. The first-order valence-corrected chi connectivity index (χ1v) is 7.88. The zero-order valence-corrected chi connectivity index (χ0v) is 12.0. The van der Waals surface area contributed by atoms with E-state index < -0.39 is 0 Å². The number of hydrogen-bond acceptors (Lipinski definition) is 5. The van der Waals surface area contributed by atoms with Crippen molar-refractivity contribution in [2.45, 2.75) is 31.4 Å². The Morgan fingerprint density at radius 1 is 1.37 bits per heavy atom. The Morgan fingerprint density at radius 3 is 3.26 bits per heavy atom. The summed E-state index contributed by atoms with van der Waals surface area (Å²) in [6.07, 6.45) is 3.93. The van der Waals surface area contributed by atoms with Gasteiger partial charge in [-0.25, -0.2) is 4.98 Å². The third-order valence-corrected chi connectivity index (χ3v) is 5.08. The fourth-order valence-corrected chi connectivity index (χ4v) is 4.21. The molecule has 19 heavy (non-hydrogen) atoms. The number of fused-ring (bicyclic) bond motifs is 2. The molecule has 6 heteroatoms. The van der Waals surface area contributed by atoms with Gasteiger partial charge in [0.2, 0.25) is 5.28 Å². The molecule has 2 aromatic rings. The number of halogens is 1. The van der Waals surface area contributed by atoms with E-state index in [0.717, 1.165) is 35.6 Å². The molecule has 1 saturated heterocycles. The van der Waals surface area contributed by atoms with Gasteiger partial charge in [0.15, 0.2) is 5.82 Å².